The topological polar surface area (TPSA) is 94.1 Å². The number of unbranched alkanes of at least 4 members (excludes halogenated alkanes) is 1. The van der Waals surface area contributed by atoms with Crippen LogP contribution in [-0.4, -0.2) is 50.5 Å². The molecule has 1 aliphatic rings. The maximum atomic E-state index is 11.8. The van der Waals surface area contributed by atoms with Gasteiger partial charge in [0.2, 0.25) is 0 Å². The van der Waals surface area contributed by atoms with Gasteiger partial charge in [-0.05, 0) is 31.8 Å². The zero-order valence-corrected chi connectivity index (χ0v) is 16.0. The van der Waals surface area contributed by atoms with Crippen LogP contribution in [0.1, 0.15) is 39.5 Å². The first-order chi connectivity index (χ1) is 12.5. The molecule has 26 heavy (non-hydrogen) atoms. The third kappa shape index (κ3) is 11.3. The number of esters is 1. The SMILES string of the molecule is C=C(/C=C(OC)\C(C)=C\CCC)NCC(=O)O[C@@H]1CCCOC1.O=CO. The van der Waals surface area contributed by atoms with E-state index in [4.69, 9.17) is 24.1 Å². The molecule has 1 aliphatic heterocycles. The van der Waals surface area contributed by atoms with Gasteiger partial charge in [0, 0.05) is 18.4 Å². The molecule has 148 valence electrons. The molecule has 0 bridgehead atoms. The largest absolute Gasteiger partial charge is 0.496 e. The van der Waals surface area contributed by atoms with Gasteiger partial charge in [0.1, 0.15) is 18.4 Å². The minimum atomic E-state index is -0.299. The van der Waals surface area contributed by atoms with Gasteiger partial charge in [0.15, 0.2) is 0 Å². The average molecular weight is 369 g/mol. The Hall–Kier alpha value is -2.28. The van der Waals surface area contributed by atoms with Crippen LogP contribution in [0.5, 0.6) is 0 Å². The molecule has 1 atom stereocenters. The summed E-state index contributed by atoms with van der Waals surface area (Å²) in [5.74, 6) is 0.442. The second kappa shape index (κ2) is 15.0. The highest BCUT2D eigenvalue weighted by molar-refractivity contribution is 5.72. The predicted molar refractivity (Wildman–Crippen MR) is 99.5 cm³/mol. The molecule has 0 aromatic heterocycles. The van der Waals surface area contributed by atoms with Crippen molar-refractivity contribution in [3.63, 3.8) is 0 Å². The van der Waals surface area contributed by atoms with Crippen LogP contribution in [0.4, 0.5) is 0 Å². The Balaban J connectivity index is 0.00000194. The Morgan fingerprint density at radius 2 is 2.15 bits per heavy atom. The van der Waals surface area contributed by atoms with Crippen molar-refractivity contribution >= 4 is 12.4 Å². The van der Waals surface area contributed by atoms with E-state index in [1.165, 1.54) is 0 Å². The third-order valence-electron chi connectivity index (χ3n) is 3.53. The van der Waals surface area contributed by atoms with Crippen LogP contribution < -0.4 is 5.32 Å². The van der Waals surface area contributed by atoms with Gasteiger partial charge >= 0.3 is 5.97 Å². The van der Waals surface area contributed by atoms with Crippen molar-refractivity contribution in [2.75, 3.05) is 26.9 Å². The van der Waals surface area contributed by atoms with Crippen LogP contribution in [0.25, 0.3) is 0 Å². The van der Waals surface area contributed by atoms with E-state index >= 15 is 0 Å². The van der Waals surface area contributed by atoms with Crippen LogP contribution in [0.15, 0.2) is 35.8 Å². The number of hydrogen-bond acceptors (Lipinski definition) is 6. The fourth-order valence-corrected chi connectivity index (χ4v) is 2.22. The van der Waals surface area contributed by atoms with Gasteiger partial charge in [-0.2, -0.15) is 0 Å². The molecule has 1 saturated heterocycles. The van der Waals surface area contributed by atoms with E-state index in [1.807, 2.05) is 6.92 Å². The first kappa shape index (κ1) is 23.7. The molecule has 0 saturated carbocycles. The van der Waals surface area contributed by atoms with Crippen molar-refractivity contribution in [3.8, 4) is 0 Å². The molecule has 2 N–H and O–H groups in total. The number of hydrogen-bond donors (Lipinski definition) is 2. The molecule has 1 rings (SSSR count). The van der Waals surface area contributed by atoms with Crippen molar-refractivity contribution in [3.05, 3.63) is 35.8 Å². The lowest BCUT2D eigenvalue weighted by Crippen LogP contribution is -2.32. The highest BCUT2D eigenvalue weighted by Gasteiger charge is 2.17. The van der Waals surface area contributed by atoms with Crippen LogP contribution in [0, 0.1) is 0 Å². The van der Waals surface area contributed by atoms with Gasteiger partial charge in [-0.3, -0.25) is 9.59 Å². The Morgan fingerprint density at radius 1 is 1.46 bits per heavy atom. The fraction of sp³-hybridized carbons (Fsp3) is 0.579. The summed E-state index contributed by atoms with van der Waals surface area (Å²) in [6.45, 7) is 9.09. The van der Waals surface area contributed by atoms with E-state index in [2.05, 4.69) is 24.9 Å². The Bertz CT molecular complexity index is 492. The lowest BCUT2D eigenvalue weighted by atomic mass is 10.1. The maximum Gasteiger partial charge on any atom is 0.325 e. The molecule has 0 radical (unpaired) electrons. The highest BCUT2D eigenvalue weighted by atomic mass is 16.6. The summed E-state index contributed by atoms with van der Waals surface area (Å²) in [6, 6.07) is 0. The number of rotatable bonds is 9. The third-order valence-corrected chi connectivity index (χ3v) is 3.53. The summed E-state index contributed by atoms with van der Waals surface area (Å²) < 4.78 is 16.0. The molecule has 1 heterocycles. The van der Waals surface area contributed by atoms with E-state index < -0.39 is 0 Å². The van der Waals surface area contributed by atoms with Gasteiger partial charge in [0.05, 0.1) is 13.7 Å². The van der Waals surface area contributed by atoms with Crippen LogP contribution >= 0.6 is 0 Å². The van der Waals surface area contributed by atoms with Crippen LogP contribution in [0.2, 0.25) is 0 Å². The Kier molecular flexibility index (Phi) is 13.7. The summed E-state index contributed by atoms with van der Waals surface area (Å²) in [5.41, 5.74) is 1.67. The summed E-state index contributed by atoms with van der Waals surface area (Å²) in [5, 5.41) is 9.84. The average Bonchev–Trinajstić information content (AvgIpc) is 2.64. The number of carbonyl (C=O) groups excluding carboxylic acids is 1. The molecular weight excluding hydrogens is 338 g/mol. The van der Waals surface area contributed by atoms with Crippen molar-refractivity contribution in [1.82, 2.24) is 5.32 Å². The van der Waals surface area contributed by atoms with Gasteiger partial charge in [-0.25, -0.2) is 0 Å². The quantitative estimate of drug-likeness (QED) is 0.279. The number of nitrogens with one attached hydrogen (secondary N) is 1. The lowest BCUT2D eigenvalue weighted by Gasteiger charge is -2.22. The van der Waals surface area contributed by atoms with E-state index in [0.29, 0.717) is 12.3 Å². The standard InChI is InChI=1S/C18H29NO4.CH2O2/c1-5-6-8-14(2)17(21-4)11-15(3)19-12-18(20)23-16-9-7-10-22-13-16;2-1-3/h8,11,16,19H,3,5-7,9-10,12-13H2,1-2,4H3;1H,(H,2,3)/b14-8+,17-11+;/t16-;/m1./s1. The first-order valence-electron chi connectivity index (χ1n) is 8.69. The highest BCUT2D eigenvalue weighted by Crippen LogP contribution is 2.13. The normalized spacial score (nSPS) is 17.4. The van der Waals surface area contributed by atoms with Crippen molar-refractivity contribution in [1.29, 1.82) is 0 Å². The summed E-state index contributed by atoms with van der Waals surface area (Å²) >= 11 is 0. The van der Waals surface area contributed by atoms with E-state index in [9.17, 15) is 4.79 Å². The molecule has 7 nitrogen and oxygen atoms in total. The second-order valence-electron chi connectivity index (χ2n) is 5.70. The number of methoxy groups -OCH3 is 1. The van der Waals surface area contributed by atoms with Crippen molar-refractivity contribution < 1.29 is 28.9 Å². The molecular formula is C19H31NO6. The Morgan fingerprint density at radius 3 is 2.69 bits per heavy atom. The molecule has 1 fully saturated rings. The number of ether oxygens (including phenoxy) is 3. The Labute approximate surface area is 155 Å². The maximum absolute atomic E-state index is 11.8. The monoisotopic (exact) mass is 369 g/mol. The number of allylic oxidation sites excluding steroid dienone is 3. The van der Waals surface area contributed by atoms with Gasteiger partial charge in [-0.15, -0.1) is 0 Å². The van der Waals surface area contributed by atoms with Gasteiger partial charge < -0.3 is 24.6 Å². The minimum absolute atomic E-state index is 0.0839. The molecule has 0 aromatic carbocycles. The first-order valence-corrected chi connectivity index (χ1v) is 8.69. The predicted octanol–water partition coefficient (Wildman–Crippen LogP) is 2.79. The zero-order valence-electron chi connectivity index (χ0n) is 16.0. The second-order valence-corrected chi connectivity index (χ2v) is 5.70. The van der Waals surface area contributed by atoms with Gasteiger partial charge in [-0.1, -0.05) is 26.0 Å². The number of carboxylic acid groups (broad SMARTS) is 1. The lowest BCUT2D eigenvalue weighted by molar-refractivity contribution is -0.153. The summed E-state index contributed by atoms with van der Waals surface area (Å²) in [6.07, 6.45) is 7.67. The molecule has 0 aromatic rings. The zero-order chi connectivity index (χ0) is 19.8. The van der Waals surface area contributed by atoms with Crippen LogP contribution in [-0.2, 0) is 23.8 Å². The molecule has 0 aliphatic carbocycles. The number of carbonyl (C=O) groups is 2. The summed E-state index contributed by atoms with van der Waals surface area (Å²) in [4.78, 5) is 20.2. The molecule has 0 spiro atoms. The van der Waals surface area contributed by atoms with E-state index in [-0.39, 0.29) is 25.1 Å². The van der Waals surface area contributed by atoms with E-state index in [1.54, 1.807) is 13.2 Å². The van der Waals surface area contributed by atoms with Crippen LogP contribution in [0.3, 0.4) is 0 Å². The molecule has 0 amide bonds. The van der Waals surface area contributed by atoms with Crippen molar-refractivity contribution in [2.45, 2.75) is 45.6 Å². The van der Waals surface area contributed by atoms with Gasteiger partial charge in [0.25, 0.3) is 6.47 Å². The van der Waals surface area contributed by atoms with E-state index in [0.717, 1.165) is 43.6 Å². The smallest absolute Gasteiger partial charge is 0.325 e. The summed E-state index contributed by atoms with van der Waals surface area (Å²) in [7, 11) is 1.62. The molecule has 0 unspecified atom stereocenters. The minimum Gasteiger partial charge on any atom is -0.496 e. The van der Waals surface area contributed by atoms with Crippen molar-refractivity contribution in [2.24, 2.45) is 0 Å². The fourth-order valence-electron chi connectivity index (χ4n) is 2.22. The molecule has 7 heteroatoms.